The average Bonchev–Trinajstić information content (AvgIpc) is 2.72. The lowest BCUT2D eigenvalue weighted by molar-refractivity contribution is 0.465. The number of aromatic hydroxyl groups is 2. The van der Waals surface area contributed by atoms with Gasteiger partial charge in [0.2, 0.25) is 0 Å². The van der Waals surface area contributed by atoms with E-state index in [4.69, 9.17) is 0 Å². The summed E-state index contributed by atoms with van der Waals surface area (Å²) in [6, 6.07) is 13.1. The highest BCUT2D eigenvalue weighted by Crippen LogP contribution is 2.42. The molecule has 3 aromatic rings. The van der Waals surface area contributed by atoms with Gasteiger partial charge in [0.05, 0.1) is 0 Å². The lowest BCUT2D eigenvalue weighted by Crippen LogP contribution is -2.10. The summed E-state index contributed by atoms with van der Waals surface area (Å²) in [5.74, 6) is 1.26. The van der Waals surface area contributed by atoms with Gasteiger partial charge < -0.3 is 10.2 Å². The fraction of sp³-hybridized carbons (Fsp3) is 0.357. The molecule has 2 nitrogen and oxygen atoms in total. The van der Waals surface area contributed by atoms with E-state index in [0.29, 0.717) is 17.4 Å². The monoisotopic (exact) mass is 402 g/mol. The molecule has 30 heavy (non-hydrogen) atoms. The summed E-state index contributed by atoms with van der Waals surface area (Å²) in [6.07, 6.45) is 0. The number of hydrogen-bond donors (Lipinski definition) is 2. The first-order valence-electron chi connectivity index (χ1n) is 10.7. The molecule has 0 bridgehead atoms. The Hall–Kier alpha value is -2.74. The van der Waals surface area contributed by atoms with Gasteiger partial charge in [-0.15, -0.1) is 0 Å². The molecule has 0 saturated carbocycles. The third-order valence-corrected chi connectivity index (χ3v) is 6.75. The second kappa shape index (κ2) is 8.18. The molecule has 0 aliphatic carbocycles. The Morgan fingerprint density at radius 3 is 1.30 bits per heavy atom. The van der Waals surface area contributed by atoms with E-state index in [9.17, 15) is 10.2 Å². The van der Waals surface area contributed by atoms with E-state index in [1.165, 1.54) is 22.3 Å². The van der Waals surface area contributed by atoms with Crippen LogP contribution in [0, 0.1) is 41.5 Å². The van der Waals surface area contributed by atoms with Crippen LogP contribution in [0.5, 0.6) is 11.5 Å². The molecule has 0 fully saturated rings. The van der Waals surface area contributed by atoms with E-state index < -0.39 is 0 Å². The van der Waals surface area contributed by atoms with Gasteiger partial charge in [-0.2, -0.15) is 0 Å². The Morgan fingerprint density at radius 2 is 0.933 bits per heavy atom. The number of rotatable bonds is 4. The van der Waals surface area contributed by atoms with Crippen molar-refractivity contribution in [3.63, 3.8) is 0 Å². The van der Waals surface area contributed by atoms with E-state index in [1.54, 1.807) is 0 Å². The molecule has 2 heteroatoms. The maximum absolute atomic E-state index is 10.5. The summed E-state index contributed by atoms with van der Waals surface area (Å²) in [4.78, 5) is 0. The number of aryl methyl sites for hydroxylation is 2. The van der Waals surface area contributed by atoms with Crippen LogP contribution in [0.2, 0.25) is 0 Å². The molecular weight excluding hydrogens is 368 g/mol. The van der Waals surface area contributed by atoms with E-state index >= 15 is 0 Å². The highest BCUT2D eigenvalue weighted by molar-refractivity contribution is 5.58. The average molecular weight is 403 g/mol. The van der Waals surface area contributed by atoms with Crippen LogP contribution in [0.4, 0.5) is 0 Å². The number of hydrogen-bond acceptors (Lipinski definition) is 2. The summed E-state index contributed by atoms with van der Waals surface area (Å²) < 4.78 is 0. The summed E-state index contributed by atoms with van der Waals surface area (Å²) in [5, 5.41) is 21.0. The molecule has 0 saturated heterocycles. The summed E-state index contributed by atoms with van der Waals surface area (Å²) >= 11 is 0. The second-order valence-corrected chi connectivity index (χ2v) is 9.02. The van der Waals surface area contributed by atoms with Crippen molar-refractivity contribution in [2.45, 2.75) is 67.2 Å². The Balaban J connectivity index is 2.34. The van der Waals surface area contributed by atoms with Crippen LogP contribution in [-0.2, 0) is 0 Å². The smallest absolute Gasteiger partial charge is 0.121 e. The van der Waals surface area contributed by atoms with Gasteiger partial charge in [0.25, 0.3) is 0 Å². The van der Waals surface area contributed by atoms with Crippen molar-refractivity contribution in [2.75, 3.05) is 0 Å². The molecule has 0 amide bonds. The molecule has 0 aliphatic rings. The maximum atomic E-state index is 10.5. The molecule has 158 valence electrons. The molecule has 2 N–H and O–H groups in total. The van der Waals surface area contributed by atoms with Gasteiger partial charge in [0, 0.05) is 5.92 Å². The van der Waals surface area contributed by atoms with Crippen molar-refractivity contribution >= 4 is 0 Å². The molecule has 0 atom stereocenters. The van der Waals surface area contributed by atoms with Crippen molar-refractivity contribution in [1.82, 2.24) is 0 Å². The summed E-state index contributed by atoms with van der Waals surface area (Å²) in [5.41, 5.74) is 10.8. The predicted molar refractivity (Wildman–Crippen MR) is 126 cm³/mol. The Labute approximate surface area is 181 Å². The Morgan fingerprint density at radius 1 is 0.567 bits per heavy atom. The van der Waals surface area contributed by atoms with Gasteiger partial charge in [-0.05, 0) is 103 Å². The SMILES string of the molecule is Cc1cc(C(c2ccc(C(C)C)cc2)c2cc(C)c(O)c(C)c2C)c(C)c(C)c1O. The van der Waals surface area contributed by atoms with Crippen LogP contribution in [-0.4, -0.2) is 10.2 Å². The largest absolute Gasteiger partial charge is 0.507 e. The van der Waals surface area contributed by atoms with Crippen molar-refractivity contribution in [3.8, 4) is 11.5 Å². The Bertz CT molecular complexity index is 1030. The molecular formula is C28H34O2. The summed E-state index contributed by atoms with van der Waals surface area (Å²) in [6.45, 7) is 16.5. The van der Waals surface area contributed by atoms with Gasteiger partial charge in [-0.1, -0.05) is 50.2 Å². The zero-order valence-corrected chi connectivity index (χ0v) is 19.5. The fourth-order valence-corrected chi connectivity index (χ4v) is 4.40. The lowest BCUT2D eigenvalue weighted by atomic mass is 9.78. The number of benzene rings is 3. The second-order valence-electron chi connectivity index (χ2n) is 9.02. The van der Waals surface area contributed by atoms with Crippen LogP contribution in [0.15, 0.2) is 36.4 Å². The molecule has 0 aliphatic heterocycles. The van der Waals surface area contributed by atoms with Crippen LogP contribution in [0.1, 0.15) is 81.3 Å². The van der Waals surface area contributed by atoms with E-state index in [0.717, 1.165) is 33.4 Å². The summed E-state index contributed by atoms with van der Waals surface area (Å²) in [7, 11) is 0. The minimum absolute atomic E-state index is 0.0298. The number of phenols is 2. The van der Waals surface area contributed by atoms with Crippen LogP contribution >= 0.6 is 0 Å². The quantitative estimate of drug-likeness (QED) is 0.451. The first kappa shape index (κ1) is 22.0. The maximum Gasteiger partial charge on any atom is 0.121 e. The van der Waals surface area contributed by atoms with Gasteiger partial charge in [-0.3, -0.25) is 0 Å². The van der Waals surface area contributed by atoms with Crippen molar-refractivity contribution < 1.29 is 10.2 Å². The van der Waals surface area contributed by atoms with Crippen LogP contribution < -0.4 is 0 Å². The highest BCUT2D eigenvalue weighted by Gasteiger charge is 2.25. The van der Waals surface area contributed by atoms with Gasteiger partial charge >= 0.3 is 0 Å². The third-order valence-electron chi connectivity index (χ3n) is 6.75. The third kappa shape index (κ3) is 3.71. The first-order valence-corrected chi connectivity index (χ1v) is 10.7. The van der Waals surface area contributed by atoms with Gasteiger partial charge in [0.15, 0.2) is 0 Å². The van der Waals surface area contributed by atoms with E-state index in [1.807, 2.05) is 27.7 Å². The lowest BCUT2D eigenvalue weighted by Gasteiger charge is -2.26. The van der Waals surface area contributed by atoms with Crippen molar-refractivity contribution in [1.29, 1.82) is 0 Å². The fourth-order valence-electron chi connectivity index (χ4n) is 4.40. The van der Waals surface area contributed by atoms with Crippen molar-refractivity contribution in [3.05, 3.63) is 92.0 Å². The highest BCUT2D eigenvalue weighted by atomic mass is 16.3. The van der Waals surface area contributed by atoms with Gasteiger partial charge in [-0.25, -0.2) is 0 Å². The zero-order valence-electron chi connectivity index (χ0n) is 19.5. The molecule has 3 aromatic carbocycles. The number of phenolic OH excluding ortho intramolecular Hbond substituents is 2. The van der Waals surface area contributed by atoms with Crippen LogP contribution in [0.25, 0.3) is 0 Å². The van der Waals surface area contributed by atoms with E-state index in [2.05, 4.69) is 64.1 Å². The van der Waals surface area contributed by atoms with Crippen LogP contribution in [0.3, 0.4) is 0 Å². The van der Waals surface area contributed by atoms with Crippen molar-refractivity contribution in [2.24, 2.45) is 0 Å². The predicted octanol–water partition coefficient (Wildman–Crippen LogP) is 7.25. The Kier molecular flexibility index (Phi) is 5.99. The molecule has 0 radical (unpaired) electrons. The molecule has 0 unspecified atom stereocenters. The van der Waals surface area contributed by atoms with Gasteiger partial charge in [0.1, 0.15) is 11.5 Å². The molecule has 0 heterocycles. The minimum atomic E-state index is 0.0298. The molecule has 0 aromatic heterocycles. The minimum Gasteiger partial charge on any atom is -0.507 e. The first-order chi connectivity index (χ1) is 14.0. The normalized spacial score (nSPS) is 11.5. The molecule has 0 spiro atoms. The molecule has 3 rings (SSSR count). The standard InChI is InChI=1S/C28H34O2/c1-15(2)22-9-11-23(12-10-22)26(24-13-16(3)27(29)20(7)18(24)5)25-14-17(4)28(30)21(8)19(25)6/h9-15,26,29-30H,1-8H3. The zero-order chi connectivity index (χ0) is 22.3. The van der Waals surface area contributed by atoms with E-state index in [-0.39, 0.29) is 5.92 Å². The topological polar surface area (TPSA) is 40.5 Å².